The lowest BCUT2D eigenvalue weighted by atomic mass is 9.95. The summed E-state index contributed by atoms with van der Waals surface area (Å²) < 4.78 is 51.0. The second-order valence-electron chi connectivity index (χ2n) is 13.0. The van der Waals surface area contributed by atoms with Gasteiger partial charge in [0.05, 0.1) is 25.7 Å². The highest BCUT2D eigenvalue weighted by Gasteiger charge is 2.33. The Kier molecular flexibility index (Phi) is 6.61. The molecule has 6 aromatic carbocycles. The van der Waals surface area contributed by atoms with E-state index in [0.29, 0.717) is 48.8 Å². The number of pyridine rings is 1. The number of hydrogen-bond donors (Lipinski definition) is 1. The van der Waals surface area contributed by atoms with Crippen molar-refractivity contribution in [3.63, 3.8) is 0 Å². The van der Waals surface area contributed by atoms with E-state index in [1.807, 2.05) is 78.9 Å². The van der Waals surface area contributed by atoms with E-state index in [2.05, 4.69) is 30.0 Å². The Labute approximate surface area is 300 Å². The molecule has 8 aromatic rings. The van der Waals surface area contributed by atoms with E-state index in [1.165, 1.54) is 0 Å². The predicted molar refractivity (Wildman–Crippen MR) is 208 cm³/mol. The number of rotatable bonds is 4. The van der Waals surface area contributed by atoms with Crippen molar-refractivity contribution >= 4 is 70.0 Å². The highest BCUT2D eigenvalue weighted by molar-refractivity contribution is 7.92. The molecule has 6 nitrogen and oxygen atoms in total. The summed E-state index contributed by atoms with van der Waals surface area (Å²) in [6.07, 6.45) is 4.33. The normalized spacial score (nSPS) is 15.2. The third-order valence-electron chi connectivity index (χ3n) is 10.3. The van der Waals surface area contributed by atoms with Gasteiger partial charge >= 0.3 is 0 Å². The van der Waals surface area contributed by atoms with Gasteiger partial charge in [0.15, 0.2) is 11.1 Å². The van der Waals surface area contributed by atoms with Crippen molar-refractivity contribution in [1.29, 1.82) is 0 Å². The van der Waals surface area contributed by atoms with E-state index in [4.69, 9.17) is 0 Å². The Morgan fingerprint density at radius 1 is 0.635 bits per heavy atom. The second kappa shape index (κ2) is 11.2. The van der Waals surface area contributed by atoms with Crippen LogP contribution in [0.3, 0.4) is 0 Å². The molecule has 248 valence electrons. The van der Waals surface area contributed by atoms with Crippen molar-refractivity contribution in [3.8, 4) is 34.1 Å². The molecule has 0 fully saturated rings. The quantitative estimate of drug-likeness (QED) is 0.112. The average molecular weight is 712 g/mol. The Morgan fingerprint density at radius 3 is 2.13 bits per heavy atom. The lowest BCUT2D eigenvalue weighted by Crippen LogP contribution is -2.12. The molecule has 2 aromatic heterocycles. The summed E-state index contributed by atoms with van der Waals surface area (Å²) >= 11 is -2.15. The Hall–Kier alpha value is -6.11. The lowest BCUT2D eigenvalue weighted by Gasteiger charge is -2.10. The highest BCUT2D eigenvalue weighted by Crippen LogP contribution is 2.45. The van der Waals surface area contributed by atoms with E-state index in [-0.39, 0.29) is 5.56 Å². The number of fused-ring (bicyclic) bond motifs is 8. The van der Waals surface area contributed by atoms with Gasteiger partial charge in [0.2, 0.25) is 9.84 Å². The van der Waals surface area contributed by atoms with Gasteiger partial charge in [-0.2, -0.15) is 0 Å². The molecule has 3 heterocycles. The molecular weight excluding hydrogens is 687 g/mol. The first-order chi connectivity index (χ1) is 25.3. The van der Waals surface area contributed by atoms with Crippen molar-refractivity contribution in [2.24, 2.45) is 0 Å². The monoisotopic (exact) mass is 711 g/mol. The number of allylic oxidation sites excluding steroid dienone is 4. The molecule has 8 heteroatoms. The standard InChI is InChI=1S/C44H25NO5S2/c46-44-35-13-2-1-11-32(35)37-23-30(29-18-20-34-33-12-4-6-15-41(33)52(49,50)42(34)25-29)24-38-36-22-28(19-21-39(36)45(44)43(37)38)26-8-7-9-27(17-16-26)31-10-3-5-14-40(31)51(47)48/h1-6,10-25H,8H2,(H,47,48). The van der Waals surface area contributed by atoms with Crippen LogP contribution in [0.5, 0.6) is 0 Å². The molecule has 0 amide bonds. The van der Waals surface area contributed by atoms with Gasteiger partial charge in [-0.3, -0.25) is 9.20 Å². The fourth-order valence-electron chi connectivity index (χ4n) is 7.86. The van der Waals surface area contributed by atoms with Gasteiger partial charge in [-0.15, -0.1) is 0 Å². The molecule has 0 spiro atoms. The molecule has 1 atom stereocenters. The topological polar surface area (TPSA) is 92.9 Å². The number of aromatic nitrogens is 1. The molecule has 2 aliphatic rings. The van der Waals surface area contributed by atoms with Gasteiger partial charge in [0, 0.05) is 50.2 Å². The summed E-state index contributed by atoms with van der Waals surface area (Å²) in [6, 6.07) is 37.5. The average Bonchev–Trinajstić information content (AvgIpc) is 3.46. The molecule has 10 rings (SSSR count). The lowest BCUT2D eigenvalue weighted by molar-refractivity contribution is 0.564. The molecular formula is C44H25NO5S2. The maximum atomic E-state index is 14.1. The molecule has 52 heavy (non-hydrogen) atoms. The van der Waals surface area contributed by atoms with Crippen LogP contribution >= 0.6 is 0 Å². The smallest absolute Gasteiger partial charge is 0.263 e. The SMILES string of the molecule is O=c1c2ccccc2c2cc(-c3ccc4c(c3)S(=O)(=O)c3ccccc3-4)cc3c4cc(C5=CC=C(c6ccccc6S(=O)O)C#CC5)ccc4n1c23. The molecule has 0 bridgehead atoms. The fraction of sp³-hybridized carbons (Fsp3) is 0.0227. The van der Waals surface area contributed by atoms with Gasteiger partial charge < -0.3 is 4.55 Å². The van der Waals surface area contributed by atoms with Gasteiger partial charge in [-0.25, -0.2) is 12.6 Å². The third kappa shape index (κ3) is 4.37. The van der Waals surface area contributed by atoms with Crippen molar-refractivity contribution < 1.29 is 17.2 Å². The zero-order valence-corrected chi connectivity index (χ0v) is 28.9. The van der Waals surface area contributed by atoms with Gasteiger partial charge in [-0.05, 0) is 82.3 Å². The minimum Gasteiger partial charge on any atom is -0.302 e. The number of nitrogens with zero attached hydrogens (tertiary/aromatic N) is 1. The van der Waals surface area contributed by atoms with Crippen LogP contribution in [0.4, 0.5) is 0 Å². The molecule has 1 aliphatic carbocycles. The van der Waals surface area contributed by atoms with Crippen LogP contribution in [0.1, 0.15) is 17.5 Å². The van der Waals surface area contributed by atoms with Crippen LogP contribution in [0.25, 0.3) is 71.4 Å². The van der Waals surface area contributed by atoms with Crippen LogP contribution < -0.4 is 5.56 Å². The zero-order chi connectivity index (χ0) is 35.3. The van der Waals surface area contributed by atoms with Crippen LogP contribution in [-0.4, -0.2) is 21.6 Å². The Balaban J connectivity index is 1.20. The molecule has 1 N–H and O–H groups in total. The Morgan fingerprint density at radius 2 is 1.31 bits per heavy atom. The van der Waals surface area contributed by atoms with E-state index in [9.17, 15) is 22.0 Å². The maximum Gasteiger partial charge on any atom is 0.263 e. The summed E-state index contributed by atoms with van der Waals surface area (Å²) in [5.41, 5.74) is 7.70. The van der Waals surface area contributed by atoms with Crippen LogP contribution in [-0.2, 0) is 20.9 Å². The molecule has 0 saturated carbocycles. The molecule has 1 unspecified atom stereocenters. The van der Waals surface area contributed by atoms with E-state index in [0.717, 1.165) is 54.8 Å². The first kappa shape index (κ1) is 30.7. The minimum absolute atomic E-state index is 0.1000. The number of sulfone groups is 1. The van der Waals surface area contributed by atoms with Crippen molar-refractivity contribution in [2.45, 2.75) is 21.1 Å². The Bertz CT molecular complexity index is 3230. The van der Waals surface area contributed by atoms with E-state index < -0.39 is 20.9 Å². The van der Waals surface area contributed by atoms with Crippen LogP contribution in [0.15, 0.2) is 153 Å². The highest BCUT2D eigenvalue weighted by atomic mass is 32.2. The first-order valence-corrected chi connectivity index (χ1v) is 19.2. The van der Waals surface area contributed by atoms with E-state index >= 15 is 0 Å². The first-order valence-electron chi connectivity index (χ1n) is 16.7. The zero-order valence-electron chi connectivity index (χ0n) is 27.3. The summed E-state index contributed by atoms with van der Waals surface area (Å²) in [7, 11) is -3.68. The van der Waals surface area contributed by atoms with Crippen LogP contribution in [0.2, 0.25) is 0 Å². The van der Waals surface area contributed by atoms with Gasteiger partial charge in [0.25, 0.3) is 5.56 Å². The van der Waals surface area contributed by atoms with Crippen molar-refractivity contribution in [2.75, 3.05) is 0 Å². The predicted octanol–water partition coefficient (Wildman–Crippen LogP) is 9.13. The number of benzene rings is 6. The third-order valence-corrected chi connectivity index (χ3v) is 12.9. The van der Waals surface area contributed by atoms with Crippen molar-refractivity contribution in [3.05, 3.63) is 155 Å². The van der Waals surface area contributed by atoms with E-state index in [1.54, 1.807) is 40.8 Å². The van der Waals surface area contributed by atoms with Crippen LogP contribution in [0, 0.1) is 11.8 Å². The largest absolute Gasteiger partial charge is 0.302 e. The summed E-state index contributed by atoms with van der Waals surface area (Å²) in [6.45, 7) is 0. The fourth-order valence-corrected chi connectivity index (χ4v) is 10.1. The number of hydrogen-bond acceptors (Lipinski definition) is 4. The second-order valence-corrected chi connectivity index (χ2v) is 15.9. The van der Waals surface area contributed by atoms with Gasteiger partial charge in [0.1, 0.15) is 0 Å². The maximum absolute atomic E-state index is 14.1. The molecule has 0 saturated heterocycles. The minimum atomic E-state index is -3.68. The molecule has 1 aliphatic heterocycles. The summed E-state index contributed by atoms with van der Waals surface area (Å²) in [5, 5.41) is 4.11. The van der Waals surface area contributed by atoms with Gasteiger partial charge in [-0.1, -0.05) is 90.7 Å². The molecule has 0 radical (unpaired) electrons. The van der Waals surface area contributed by atoms with Crippen molar-refractivity contribution in [1.82, 2.24) is 4.40 Å². The summed E-state index contributed by atoms with van der Waals surface area (Å²) in [5.74, 6) is 6.42. The summed E-state index contributed by atoms with van der Waals surface area (Å²) in [4.78, 5) is 15.1.